The Morgan fingerprint density at radius 3 is 3.00 bits per heavy atom. The minimum atomic E-state index is -0.646. The third kappa shape index (κ3) is 2.79. The van der Waals surface area contributed by atoms with Crippen LogP contribution in [0.2, 0.25) is 5.21 Å². The van der Waals surface area contributed by atoms with E-state index in [0.29, 0.717) is 23.4 Å². The normalized spacial score (nSPS) is 17.4. The van der Waals surface area contributed by atoms with Gasteiger partial charge in [0.25, 0.3) is 0 Å². The second-order valence-electron chi connectivity index (χ2n) is 4.97. The number of imidazole rings is 1. The van der Waals surface area contributed by atoms with Crippen molar-refractivity contribution < 1.29 is 13.5 Å². The van der Waals surface area contributed by atoms with Crippen LogP contribution in [-0.4, -0.2) is 33.0 Å². The minimum absolute atomic E-state index is 0.0495. The molecule has 0 amide bonds. The molecule has 0 fully saturated rings. The molecule has 0 saturated carbocycles. The molecule has 1 aromatic heterocycles. The zero-order valence-corrected chi connectivity index (χ0v) is 13.8. The van der Waals surface area contributed by atoms with Crippen molar-refractivity contribution in [2.45, 2.75) is 24.1 Å². The van der Waals surface area contributed by atoms with E-state index in [0.717, 1.165) is 23.4 Å². The fourth-order valence-corrected chi connectivity index (χ4v) is 3.51. The monoisotopic (exact) mass is 370 g/mol. The Morgan fingerprint density at radius 2 is 2.24 bits per heavy atom. The summed E-state index contributed by atoms with van der Waals surface area (Å²) in [5, 5.41) is 0.938. The topological polar surface area (TPSA) is 29.9 Å². The maximum atomic E-state index is 13.7. The summed E-state index contributed by atoms with van der Waals surface area (Å²) in [7, 11) is 0. The fraction of sp³-hybridized carbons (Fsp3) is 0.357. The van der Waals surface area contributed by atoms with Gasteiger partial charge in [-0.05, 0) is 0 Å². The molecule has 7 heteroatoms. The number of hydrogen-bond donors (Lipinski definition) is 1. The molecule has 2 heterocycles. The van der Waals surface area contributed by atoms with Gasteiger partial charge in [0.15, 0.2) is 0 Å². The summed E-state index contributed by atoms with van der Waals surface area (Å²) in [4.78, 5) is 3.03. The number of ether oxygens (including phenoxy) is 1. The number of aryl methyl sites for hydroxylation is 1. The van der Waals surface area contributed by atoms with Crippen LogP contribution in [0.1, 0.15) is 17.3 Å². The van der Waals surface area contributed by atoms with Crippen molar-refractivity contribution in [3.8, 4) is 5.75 Å². The van der Waals surface area contributed by atoms with E-state index in [2.05, 4.69) is 21.8 Å². The van der Waals surface area contributed by atoms with Crippen molar-refractivity contribution in [3.05, 3.63) is 46.0 Å². The van der Waals surface area contributed by atoms with Crippen LogP contribution in [-0.2, 0) is 12.8 Å². The summed E-state index contributed by atoms with van der Waals surface area (Å²) in [6.45, 7) is 0.327. The number of halogens is 2. The summed E-state index contributed by atoms with van der Waals surface area (Å²) in [6, 6.07) is 2.13. The molecule has 3 nitrogen and oxygen atoms in total. The standard InChI is InChI=1S/C14H13AsF2N2OS/c15-2-1-10-6-18-14(21)19(10)11-4-8-3-9(16)5-12(17)13(8)20-7-11/h3,5-6,11H,1-2,4,7H2,(H,18,21)/t11-/m1/s1. The second kappa shape index (κ2) is 5.93. The predicted octanol–water partition coefficient (Wildman–Crippen LogP) is 3.13. The maximum absolute atomic E-state index is 13.7. The van der Waals surface area contributed by atoms with Gasteiger partial charge in [-0.3, -0.25) is 0 Å². The Balaban J connectivity index is 1.97. The number of fused-ring (bicyclic) bond motifs is 1. The van der Waals surface area contributed by atoms with Gasteiger partial charge < -0.3 is 0 Å². The Hall–Kier alpha value is -1.13. The van der Waals surface area contributed by atoms with E-state index in [1.54, 1.807) is 0 Å². The number of nitrogens with one attached hydrogen (secondary N) is 1. The predicted molar refractivity (Wildman–Crippen MR) is 78.5 cm³/mol. The zero-order chi connectivity index (χ0) is 15.0. The van der Waals surface area contributed by atoms with Crippen LogP contribution in [0.3, 0.4) is 0 Å². The van der Waals surface area contributed by atoms with Gasteiger partial charge in [-0.2, -0.15) is 0 Å². The van der Waals surface area contributed by atoms with E-state index < -0.39 is 11.6 Å². The Labute approximate surface area is 134 Å². The molecule has 0 saturated heterocycles. The molecule has 1 aromatic carbocycles. The van der Waals surface area contributed by atoms with Crippen LogP contribution in [0.25, 0.3) is 0 Å². The first-order valence-corrected chi connectivity index (χ1v) is 8.34. The van der Waals surface area contributed by atoms with E-state index in [9.17, 15) is 8.78 Å². The second-order valence-corrected chi connectivity index (χ2v) is 6.30. The molecule has 21 heavy (non-hydrogen) atoms. The van der Waals surface area contributed by atoms with E-state index in [4.69, 9.17) is 17.0 Å². The SMILES string of the molecule is Fc1cc(F)c2c(c1)C[C@@H](n1c(CC[As])c[nH]c1=S)CO2. The zero-order valence-electron chi connectivity index (χ0n) is 11.1. The van der Waals surface area contributed by atoms with Gasteiger partial charge in [0.1, 0.15) is 0 Å². The van der Waals surface area contributed by atoms with Crippen LogP contribution in [0.4, 0.5) is 8.78 Å². The van der Waals surface area contributed by atoms with E-state index in [1.807, 2.05) is 10.8 Å². The third-order valence-electron chi connectivity index (χ3n) is 3.58. The first-order valence-electron chi connectivity index (χ1n) is 6.60. The first-order chi connectivity index (χ1) is 10.1. The Bertz CT molecular complexity index is 728. The van der Waals surface area contributed by atoms with Crippen molar-refractivity contribution in [2.24, 2.45) is 0 Å². The molecule has 0 unspecified atom stereocenters. The molecule has 2 radical (unpaired) electrons. The molecule has 2 aromatic rings. The van der Waals surface area contributed by atoms with Crippen molar-refractivity contribution >= 4 is 29.1 Å². The van der Waals surface area contributed by atoms with Gasteiger partial charge in [0.05, 0.1) is 0 Å². The fourth-order valence-electron chi connectivity index (χ4n) is 2.71. The summed E-state index contributed by atoms with van der Waals surface area (Å²) >= 11 is 7.85. The number of hydrogen-bond acceptors (Lipinski definition) is 2. The number of benzene rings is 1. The number of rotatable bonds is 3. The average Bonchev–Trinajstić information content (AvgIpc) is 2.79. The molecule has 1 aliphatic rings. The molecule has 3 rings (SSSR count). The molecule has 1 atom stereocenters. The molecule has 1 N–H and O–H groups in total. The summed E-state index contributed by atoms with van der Waals surface area (Å²) in [6.07, 6.45) is 3.26. The summed E-state index contributed by atoms with van der Waals surface area (Å²) in [5.41, 5.74) is 1.62. The van der Waals surface area contributed by atoms with Crippen molar-refractivity contribution in [2.75, 3.05) is 6.61 Å². The number of nitrogens with zero attached hydrogens (tertiary/aromatic N) is 1. The summed E-state index contributed by atoms with van der Waals surface area (Å²) in [5.74, 6) is -1.07. The van der Waals surface area contributed by atoms with Crippen LogP contribution in [0.15, 0.2) is 18.3 Å². The molecular weight excluding hydrogens is 357 g/mol. The average molecular weight is 370 g/mol. The van der Waals surface area contributed by atoms with Crippen LogP contribution < -0.4 is 4.74 Å². The van der Waals surface area contributed by atoms with Gasteiger partial charge >= 0.3 is 135 Å². The number of aromatic nitrogens is 2. The van der Waals surface area contributed by atoms with Gasteiger partial charge in [-0.25, -0.2) is 0 Å². The molecule has 0 aliphatic carbocycles. The van der Waals surface area contributed by atoms with Crippen LogP contribution >= 0.6 is 12.2 Å². The van der Waals surface area contributed by atoms with E-state index in [-0.39, 0.29) is 11.8 Å². The molecule has 0 spiro atoms. The van der Waals surface area contributed by atoms with Crippen LogP contribution in [0.5, 0.6) is 5.75 Å². The van der Waals surface area contributed by atoms with Gasteiger partial charge in [-0.15, -0.1) is 0 Å². The molecule has 1 aliphatic heterocycles. The molecule has 110 valence electrons. The summed E-state index contributed by atoms with van der Waals surface area (Å²) < 4.78 is 35.2. The van der Waals surface area contributed by atoms with Gasteiger partial charge in [0.2, 0.25) is 0 Å². The van der Waals surface area contributed by atoms with Crippen molar-refractivity contribution in [3.63, 3.8) is 0 Å². The van der Waals surface area contributed by atoms with Crippen LogP contribution in [0, 0.1) is 16.4 Å². The Morgan fingerprint density at radius 1 is 1.43 bits per heavy atom. The van der Waals surface area contributed by atoms with Crippen molar-refractivity contribution in [1.82, 2.24) is 9.55 Å². The third-order valence-corrected chi connectivity index (χ3v) is 4.37. The van der Waals surface area contributed by atoms with Crippen molar-refractivity contribution in [1.29, 1.82) is 0 Å². The van der Waals surface area contributed by atoms with Gasteiger partial charge in [0, 0.05) is 0 Å². The molecular formula is C14H13AsF2N2OS. The van der Waals surface area contributed by atoms with E-state index >= 15 is 0 Å². The first kappa shape index (κ1) is 14.8. The number of H-pyrrole nitrogens is 1. The number of aromatic amines is 1. The quantitative estimate of drug-likeness (QED) is 0.665. The van der Waals surface area contributed by atoms with Gasteiger partial charge in [-0.1, -0.05) is 0 Å². The van der Waals surface area contributed by atoms with E-state index in [1.165, 1.54) is 6.07 Å². The molecule has 0 bridgehead atoms. The Kier molecular flexibility index (Phi) is 4.18.